The van der Waals surface area contributed by atoms with E-state index < -0.39 is 17.3 Å². The second-order valence-electron chi connectivity index (χ2n) is 6.29. The third-order valence-electron chi connectivity index (χ3n) is 3.24. The van der Waals surface area contributed by atoms with Gasteiger partial charge in [0.2, 0.25) is 11.9 Å². The van der Waals surface area contributed by atoms with Crippen LogP contribution in [-0.4, -0.2) is 121 Å². The largest absolute Gasteiger partial charge is 0.610 e. The molecule has 12 nitrogen and oxygen atoms in total. The number of nitrogens with zero attached hydrogens (tertiary/aromatic N) is 2. The van der Waals surface area contributed by atoms with E-state index in [9.17, 15) is 14.1 Å². The molecule has 0 saturated heterocycles. The molecule has 0 aromatic carbocycles. The summed E-state index contributed by atoms with van der Waals surface area (Å²) in [4.78, 5) is 40.8. The summed E-state index contributed by atoms with van der Waals surface area (Å²) in [7, 11) is 0. The Morgan fingerprint density at radius 2 is 1.35 bits per heavy atom. The van der Waals surface area contributed by atoms with E-state index in [4.69, 9.17) is 24.7 Å². The molecule has 0 heterocycles. The van der Waals surface area contributed by atoms with Crippen LogP contribution in [0.25, 0.3) is 0 Å². The third kappa shape index (κ3) is 38.2. The number of nitrogens with one attached hydrogen (secondary N) is 2. The number of hydrogen-bond donors (Lipinski definition) is 4. The van der Waals surface area contributed by atoms with Crippen LogP contribution in [0.4, 0.5) is 9.59 Å². The van der Waals surface area contributed by atoms with Crippen LogP contribution >= 0.6 is 129 Å². The summed E-state index contributed by atoms with van der Waals surface area (Å²) in [5, 5.41) is 27.9. The molecule has 1 atom stereocenters. The average molecular weight is 833 g/mol. The number of amides is 2. The Balaban J connectivity index is 3.39. The second kappa shape index (κ2) is 38.4. The van der Waals surface area contributed by atoms with Crippen LogP contribution in [0, 0.1) is 0 Å². The molecular weight excluding hydrogens is 797 g/mol. The molecule has 0 aliphatic rings. The van der Waals surface area contributed by atoms with Gasteiger partial charge in [0.25, 0.3) is 5.24 Å². The van der Waals surface area contributed by atoms with Crippen LogP contribution in [0.5, 0.6) is 0 Å². The van der Waals surface area contributed by atoms with Crippen molar-refractivity contribution in [3.05, 3.63) is 0 Å². The molecule has 43 heavy (non-hydrogen) atoms. The van der Waals surface area contributed by atoms with Crippen molar-refractivity contribution < 1.29 is 38.9 Å². The maximum Gasteiger partial charge on any atom is 0.408 e. The fourth-order valence-corrected chi connectivity index (χ4v) is 12.3. The zero-order valence-electron chi connectivity index (χ0n) is 22.9. The van der Waals surface area contributed by atoms with E-state index in [1.54, 1.807) is 94.1 Å². The molecule has 24 heteroatoms. The van der Waals surface area contributed by atoms with Gasteiger partial charge < -0.3 is 35.0 Å². The van der Waals surface area contributed by atoms with Crippen molar-refractivity contribution in [2.75, 3.05) is 82.9 Å². The Morgan fingerprint density at radius 1 is 0.744 bits per heavy atom. The lowest BCUT2D eigenvalue weighted by molar-refractivity contribution is -0.196. The van der Waals surface area contributed by atoms with Crippen LogP contribution in [-0.2, 0) is 25.7 Å². The lowest BCUT2D eigenvalue weighted by atomic mass is 11.1. The summed E-state index contributed by atoms with van der Waals surface area (Å²) >= 11 is 15.6. The van der Waals surface area contributed by atoms with Gasteiger partial charge in [0.1, 0.15) is 11.9 Å². The molecule has 0 fully saturated rings. The smallest absolute Gasteiger partial charge is 0.408 e. The van der Waals surface area contributed by atoms with Gasteiger partial charge in [-0.2, -0.15) is 4.89 Å². The monoisotopic (exact) mass is 832 g/mol. The minimum atomic E-state index is -1.12. The van der Waals surface area contributed by atoms with Gasteiger partial charge in [0.05, 0.1) is 35.4 Å². The minimum absolute atomic E-state index is 0.0175. The Morgan fingerprint density at radius 3 is 2.07 bits per heavy atom. The molecule has 0 aromatic rings. The predicted molar refractivity (Wildman–Crippen MR) is 206 cm³/mol. The number of carbonyl (C=O) groups is 2. The molecule has 0 saturated carbocycles. The van der Waals surface area contributed by atoms with Gasteiger partial charge in [-0.05, 0) is 0 Å². The van der Waals surface area contributed by atoms with E-state index in [1.165, 1.54) is 35.5 Å². The highest BCUT2D eigenvalue weighted by atomic mass is 32.3. The molecule has 2 amide bonds. The SMILES string of the molecule is O=C(NCSCSCSC/N=C\[S+]([O-])CSCSCSC(=O)NCSCSCSC/N=C\OOCSCO)OCSCO. The number of ether oxygens (including phenoxy) is 1. The summed E-state index contributed by atoms with van der Waals surface area (Å²) in [6.07, 6.45) is 0.747. The van der Waals surface area contributed by atoms with E-state index >= 15 is 0 Å². The molecule has 0 bridgehead atoms. The molecular formula is C19H36N4O8S12. The average Bonchev–Trinajstić information content (AvgIpc) is 3.00. The van der Waals surface area contributed by atoms with Gasteiger partial charge in [-0.3, -0.25) is 4.79 Å². The van der Waals surface area contributed by atoms with E-state index in [-0.39, 0.29) is 29.0 Å². The van der Waals surface area contributed by atoms with Gasteiger partial charge >= 0.3 is 6.09 Å². The Bertz CT molecular complexity index is 712. The van der Waals surface area contributed by atoms with Crippen molar-refractivity contribution in [1.82, 2.24) is 10.6 Å². The number of aliphatic hydroxyl groups excluding tert-OH is 2. The highest BCUT2D eigenvalue weighted by molar-refractivity contribution is 8.29. The van der Waals surface area contributed by atoms with E-state index in [0.29, 0.717) is 33.7 Å². The van der Waals surface area contributed by atoms with Gasteiger partial charge in [0.15, 0.2) is 5.08 Å². The standard InChI is InChI=1S/C19H36N4O8S12/c24-7-36-9-29-18(26)22-4-34-13-39-12-33-3-21-6-43(28)17-41-15-40-16-42-19(27)23-5-35-14-38-11-32-2-20-1-30-31-10-37-8-25/h1,6,24-25H,2-5,7-17H2,(H,22,26)(H,23,27)/b20-1-,21-6-. The first-order valence-corrected chi connectivity index (χ1v) is 25.5. The van der Waals surface area contributed by atoms with Crippen molar-refractivity contribution in [3.8, 4) is 0 Å². The lowest BCUT2D eigenvalue weighted by Gasteiger charge is -2.06. The highest BCUT2D eigenvalue weighted by Crippen LogP contribution is 2.21. The van der Waals surface area contributed by atoms with Crippen LogP contribution in [0.1, 0.15) is 0 Å². The molecule has 0 aliphatic carbocycles. The van der Waals surface area contributed by atoms with Crippen LogP contribution in [0.15, 0.2) is 9.98 Å². The number of hydrogen-bond acceptors (Lipinski definition) is 21. The molecule has 0 spiro atoms. The fraction of sp³-hybridized carbons (Fsp3) is 0.789. The van der Waals surface area contributed by atoms with E-state index in [0.717, 1.165) is 37.2 Å². The van der Waals surface area contributed by atoms with Gasteiger partial charge in [0, 0.05) is 41.7 Å². The number of aliphatic imine (C=N–C) groups is 2. The molecule has 0 rings (SSSR count). The predicted octanol–water partition coefficient (Wildman–Crippen LogP) is 5.59. The van der Waals surface area contributed by atoms with E-state index in [2.05, 4.69) is 20.6 Å². The van der Waals surface area contributed by atoms with Crippen molar-refractivity contribution >= 4 is 164 Å². The van der Waals surface area contributed by atoms with Gasteiger partial charge in [-0.25, -0.2) is 14.8 Å². The first-order chi connectivity index (χ1) is 21.1. The molecule has 0 aromatic heterocycles. The summed E-state index contributed by atoms with van der Waals surface area (Å²) < 4.78 is 16.8. The fourth-order valence-electron chi connectivity index (χ4n) is 1.66. The zero-order valence-corrected chi connectivity index (χ0v) is 32.7. The number of aliphatic hydroxyl groups is 2. The van der Waals surface area contributed by atoms with Gasteiger partial charge in [-0.1, -0.05) is 35.3 Å². The Kier molecular flexibility index (Phi) is 40.1. The quantitative estimate of drug-likeness (QED) is 0.0129. The number of alkyl carbamates (subject to hydrolysis) is 1. The van der Waals surface area contributed by atoms with Gasteiger partial charge in [-0.15, -0.1) is 94.1 Å². The topological polar surface area (TPSA) is 174 Å². The highest BCUT2D eigenvalue weighted by Gasteiger charge is 2.05. The first-order valence-electron chi connectivity index (χ1n) is 11.5. The van der Waals surface area contributed by atoms with Crippen molar-refractivity contribution in [1.29, 1.82) is 0 Å². The van der Waals surface area contributed by atoms with E-state index in [1.807, 2.05) is 0 Å². The van der Waals surface area contributed by atoms with Crippen molar-refractivity contribution in [2.24, 2.45) is 9.98 Å². The molecule has 252 valence electrons. The number of thioether (sulfide) groups is 11. The molecule has 4 N–H and O–H groups in total. The summed E-state index contributed by atoms with van der Waals surface area (Å²) in [5.74, 6) is 2.41. The number of rotatable bonds is 31. The minimum Gasteiger partial charge on any atom is -0.610 e. The normalized spacial score (nSPS) is 12.2. The maximum atomic E-state index is 12.0. The summed E-state index contributed by atoms with van der Waals surface area (Å²) in [5.41, 5.74) is 1.49. The third-order valence-corrected chi connectivity index (χ3v) is 15.7. The first kappa shape index (κ1) is 44.9. The summed E-state index contributed by atoms with van der Waals surface area (Å²) in [6.45, 7) is 0. The molecule has 0 radical (unpaired) electrons. The van der Waals surface area contributed by atoms with Crippen LogP contribution < -0.4 is 10.6 Å². The zero-order chi connectivity index (χ0) is 31.5. The summed E-state index contributed by atoms with van der Waals surface area (Å²) in [6, 6.07) is 0. The molecule has 0 aliphatic heterocycles. The lowest BCUT2D eigenvalue weighted by Crippen LogP contribution is -2.23. The maximum absolute atomic E-state index is 12.0. The Labute approximate surface area is 303 Å². The number of carbonyl (C=O) groups excluding carboxylic acids is 2. The Hall–Kier alpha value is 1.92. The van der Waals surface area contributed by atoms with Crippen molar-refractivity contribution in [2.45, 2.75) is 0 Å². The van der Waals surface area contributed by atoms with Crippen molar-refractivity contribution in [3.63, 3.8) is 0 Å². The second-order valence-corrected chi connectivity index (χ2v) is 20.7. The molecule has 1 unspecified atom stereocenters. The van der Waals surface area contributed by atoms with Crippen LogP contribution in [0.3, 0.4) is 0 Å². The van der Waals surface area contributed by atoms with Crippen LogP contribution in [0.2, 0.25) is 0 Å².